The average molecular weight is 464 g/mol. The van der Waals surface area contributed by atoms with Gasteiger partial charge in [0.25, 0.3) is 5.91 Å². The van der Waals surface area contributed by atoms with Gasteiger partial charge in [0.1, 0.15) is 18.4 Å². The monoisotopic (exact) mass is 463 g/mol. The Hall–Kier alpha value is -3.88. The van der Waals surface area contributed by atoms with Gasteiger partial charge < -0.3 is 14.4 Å². The third kappa shape index (κ3) is 6.12. The van der Waals surface area contributed by atoms with E-state index in [0.717, 1.165) is 29.7 Å². The number of carbonyl (C=O) groups excluding carboxylic acids is 2. The summed E-state index contributed by atoms with van der Waals surface area (Å²) in [5.41, 5.74) is 5.26. The molecule has 1 saturated heterocycles. The van der Waals surface area contributed by atoms with Crippen LogP contribution in [0.2, 0.25) is 0 Å². The standard InChI is InChI=1S/C25H29N5O4/c1-18(2)34-25(32)29-13-11-19(12-14-29)15-33-23-9-7-21(8-10-23)20-3-5-22(6-4-20)24(31)28-30-16-26-27-17-30/h3-10,16-19H,11-15H2,1-2H3,(H,28,31). The molecule has 1 aromatic heterocycles. The molecule has 0 radical (unpaired) electrons. The summed E-state index contributed by atoms with van der Waals surface area (Å²) in [4.78, 5) is 26.1. The van der Waals surface area contributed by atoms with E-state index in [1.165, 1.54) is 17.3 Å². The molecule has 178 valence electrons. The predicted molar refractivity (Wildman–Crippen MR) is 127 cm³/mol. The zero-order chi connectivity index (χ0) is 23.9. The predicted octanol–water partition coefficient (Wildman–Crippen LogP) is 3.96. The molecule has 2 aromatic carbocycles. The summed E-state index contributed by atoms with van der Waals surface area (Å²) >= 11 is 0. The molecule has 4 rings (SSSR count). The minimum Gasteiger partial charge on any atom is -0.493 e. The fourth-order valence-electron chi connectivity index (χ4n) is 3.77. The van der Waals surface area contributed by atoms with Gasteiger partial charge in [-0.25, -0.2) is 9.47 Å². The van der Waals surface area contributed by atoms with Gasteiger partial charge in [0.05, 0.1) is 12.7 Å². The van der Waals surface area contributed by atoms with Crippen LogP contribution >= 0.6 is 0 Å². The number of aromatic nitrogens is 3. The first-order valence-electron chi connectivity index (χ1n) is 11.4. The Labute approximate surface area is 198 Å². The number of ether oxygens (including phenoxy) is 2. The lowest BCUT2D eigenvalue weighted by Crippen LogP contribution is -2.40. The van der Waals surface area contributed by atoms with Gasteiger partial charge in [0.15, 0.2) is 0 Å². The molecule has 0 bridgehead atoms. The minimum atomic E-state index is -0.238. The van der Waals surface area contributed by atoms with Crippen LogP contribution < -0.4 is 10.2 Å². The number of carbonyl (C=O) groups is 2. The van der Waals surface area contributed by atoms with Crippen molar-refractivity contribution in [2.45, 2.75) is 32.8 Å². The number of piperidine rings is 1. The van der Waals surface area contributed by atoms with Crippen molar-refractivity contribution >= 4 is 12.0 Å². The van der Waals surface area contributed by atoms with E-state index in [-0.39, 0.29) is 18.1 Å². The maximum absolute atomic E-state index is 12.3. The molecule has 1 fully saturated rings. The smallest absolute Gasteiger partial charge is 0.410 e. The lowest BCUT2D eigenvalue weighted by molar-refractivity contribution is 0.0608. The van der Waals surface area contributed by atoms with Gasteiger partial charge in [-0.1, -0.05) is 24.3 Å². The second-order valence-electron chi connectivity index (χ2n) is 8.59. The van der Waals surface area contributed by atoms with Crippen LogP contribution in [0.3, 0.4) is 0 Å². The molecule has 0 aliphatic carbocycles. The highest BCUT2D eigenvalue weighted by Gasteiger charge is 2.24. The van der Waals surface area contributed by atoms with E-state index in [1.54, 1.807) is 17.0 Å². The Morgan fingerprint density at radius 2 is 1.56 bits per heavy atom. The molecular formula is C25H29N5O4. The van der Waals surface area contributed by atoms with Crippen LogP contribution in [0, 0.1) is 5.92 Å². The van der Waals surface area contributed by atoms with E-state index in [1.807, 2.05) is 50.2 Å². The van der Waals surface area contributed by atoms with Crippen molar-refractivity contribution in [3.05, 3.63) is 66.7 Å². The highest BCUT2D eigenvalue weighted by atomic mass is 16.6. The Balaban J connectivity index is 1.25. The minimum absolute atomic E-state index is 0.0976. The van der Waals surface area contributed by atoms with E-state index < -0.39 is 0 Å². The highest BCUT2D eigenvalue weighted by molar-refractivity contribution is 6.00. The number of nitrogens with one attached hydrogen (secondary N) is 1. The van der Waals surface area contributed by atoms with Crippen molar-refractivity contribution in [1.82, 2.24) is 19.8 Å². The van der Waals surface area contributed by atoms with Gasteiger partial charge in [-0.15, -0.1) is 10.2 Å². The largest absolute Gasteiger partial charge is 0.493 e. The number of rotatable bonds is 7. The number of likely N-dealkylation sites (tertiary alicyclic amines) is 1. The maximum Gasteiger partial charge on any atom is 0.410 e. The van der Waals surface area contributed by atoms with Crippen LogP contribution in [0.25, 0.3) is 11.1 Å². The Kier molecular flexibility index (Phi) is 7.41. The molecule has 1 aliphatic rings. The topological polar surface area (TPSA) is 98.6 Å². The summed E-state index contributed by atoms with van der Waals surface area (Å²) in [5.74, 6) is 0.993. The first kappa shape index (κ1) is 23.3. The van der Waals surface area contributed by atoms with Crippen LogP contribution in [-0.4, -0.2) is 57.6 Å². The van der Waals surface area contributed by atoms with Crippen LogP contribution in [0.4, 0.5) is 4.79 Å². The fraction of sp³-hybridized carbons (Fsp3) is 0.360. The third-order valence-corrected chi connectivity index (χ3v) is 5.68. The third-order valence-electron chi connectivity index (χ3n) is 5.68. The molecule has 34 heavy (non-hydrogen) atoms. The Morgan fingerprint density at radius 1 is 0.971 bits per heavy atom. The molecule has 0 spiro atoms. The zero-order valence-corrected chi connectivity index (χ0v) is 19.4. The zero-order valence-electron chi connectivity index (χ0n) is 19.4. The summed E-state index contributed by atoms with van der Waals surface area (Å²) in [5, 5.41) is 7.31. The normalized spacial score (nSPS) is 14.1. The molecule has 0 saturated carbocycles. The SMILES string of the molecule is CC(C)OC(=O)N1CCC(COc2ccc(-c3ccc(C(=O)Nn4cnnc4)cc3)cc2)CC1. The van der Waals surface area contributed by atoms with Crippen molar-refractivity contribution in [3.63, 3.8) is 0 Å². The van der Waals surface area contributed by atoms with Crippen LogP contribution in [0.1, 0.15) is 37.0 Å². The van der Waals surface area contributed by atoms with Gasteiger partial charge in [-0.05, 0) is 68.0 Å². The number of benzene rings is 2. The van der Waals surface area contributed by atoms with Crippen LogP contribution in [0.15, 0.2) is 61.2 Å². The summed E-state index contributed by atoms with van der Waals surface area (Å²) in [7, 11) is 0. The van der Waals surface area contributed by atoms with Gasteiger partial charge in [-0.2, -0.15) is 0 Å². The van der Waals surface area contributed by atoms with E-state index in [2.05, 4.69) is 15.6 Å². The quantitative estimate of drug-likeness (QED) is 0.569. The molecule has 0 atom stereocenters. The molecule has 2 heterocycles. The van der Waals surface area contributed by atoms with Crippen LogP contribution in [-0.2, 0) is 4.74 Å². The molecule has 1 aliphatic heterocycles. The van der Waals surface area contributed by atoms with E-state index >= 15 is 0 Å². The van der Waals surface area contributed by atoms with E-state index in [4.69, 9.17) is 9.47 Å². The molecule has 0 unspecified atom stereocenters. The molecule has 9 nitrogen and oxygen atoms in total. The first-order chi connectivity index (χ1) is 16.5. The lowest BCUT2D eigenvalue weighted by atomic mass is 9.98. The Morgan fingerprint density at radius 3 is 2.15 bits per heavy atom. The molecule has 9 heteroatoms. The average Bonchev–Trinajstić information content (AvgIpc) is 3.36. The Bertz CT molecular complexity index is 1070. The summed E-state index contributed by atoms with van der Waals surface area (Å²) in [6.07, 6.45) is 4.32. The van der Waals surface area contributed by atoms with Gasteiger partial charge in [0.2, 0.25) is 0 Å². The van der Waals surface area contributed by atoms with E-state index in [9.17, 15) is 9.59 Å². The summed E-state index contributed by atoms with van der Waals surface area (Å²) < 4.78 is 12.7. The summed E-state index contributed by atoms with van der Waals surface area (Å²) in [6, 6.07) is 15.3. The summed E-state index contributed by atoms with van der Waals surface area (Å²) in [6.45, 7) is 5.75. The van der Waals surface area contributed by atoms with Crippen LogP contribution in [0.5, 0.6) is 5.75 Å². The second kappa shape index (κ2) is 10.8. The molecule has 1 N–H and O–H groups in total. The van der Waals surface area contributed by atoms with Crippen molar-refractivity contribution < 1.29 is 19.1 Å². The van der Waals surface area contributed by atoms with Crippen molar-refractivity contribution in [2.75, 3.05) is 25.1 Å². The maximum atomic E-state index is 12.3. The van der Waals surface area contributed by atoms with Gasteiger partial charge in [-0.3, -0.25) is 10.2 Å². The van der Waals surface area contributed by atoms with E-state index in [0.29, 0.717) is 31.2 Å². The number of nitrogens with zero attached hydrogens (tertiary/aromatic N) is 4. The van der Waals surface area contributed by atoms with Crippen molar-refractivity contribution in [3.8, 4) is 16.9 Å². The van der Waals surface area contributed by atoms with Gasteiger partial charge >= 0.3 is 6.09 Å². The molecule has 3 aromatic rings. The van der Waals surface area contributed by atoms with Crippen molar-refractivity contribution in [2.24, 2.45) is 5.92 Å². The highest BCUT2D eigenvalue weighted by Crippen LogP contribution is 2.25. The van der Waals surface area contributed by atoms with Crippen molar-refractivity contribution in [1.29, 1.82) is 0 Å². The molecular weight excluding hydrogens is 434 g/mol. The first-order valence-corrected chi connectivity index (χ1v) is 11.4. The number of hydrogen-bond donors (Lipinski definition) is 1. The molecule has 2 amide bonds. The lowest BCUT2D eigenvalue weighted by Gasteiger charge is -2.31. The number of hydrogen-bond acceptors (Lipinski definition) is 6. The number of amides is 2. The second-order valence-corrected chi connectivity index (χ2v) is 8.59. The fourth-order valence-corrected chi connectivity index (χ4v) is 3.77. The van der Waals surface area contributed by atoms with Gasteiger partial charge in [0, 0.05) is 18.7 Å².